The molecule has 3 N–H and O–H groups in total. The van der Waals surface area contributed by atoms with Crippen LogP contribution in [0, 0.1) is 11.8 Å². The van der Waals surface area contributed by atoms with Crippen molar-refractivity contribution < 1.29 is 14.4 Å². The molecule has 0 spiro atoms. The highest BCUT2D eigenvalue weighted by molar-refractivity contribution is 6.07. The van der Waals surface area contributed by atoms with Gasteiger partial charge in [0.05, 0.1) is 35.2 Å². The van der Waals surface area contributed by atoms with Crippen LogP contribution in [0.2, 0.25) is 0 Å². The number of fused-ring (bicyclic) bond motifs is 6. The molecule has 0 aliphatic heterocycles. The Kier molecular flexibility index (Phi) is 11.3. The fourth-order valence-corrected chi connectivity index (χ4v) is 7.97. The molecule has 5 aromatic carbocycles. The van der Waals surface area contributed by atoms with Gasteiger partial charge in [-0.2, -0.15) is 0 Å². The fraction of sp³-hybridized carbons (Fsp3) is 0.354. The molecule has 7 aromatic rings. The molecule has 58 heavy (non-hydrogen) atoms. The lowest BCUT2D eigenvalue weighted by molar-refractivity contribution is -0.137. The average molecular weight is 776 g/mol. The summed E-state index contributed by atoms with van der Waals surface area (Å²) in [5.74, 6) is 1.85. The molecule has 1 aliphatic carbocycles. The molecule has 0 saturated heterocycles. The Morgan fingerprint density at radius 1 is 0.724 bits per heavy atom. The first-order valence-corrected chi connectivity index (χ1v) is 21.0. The van der Waals surface area contributed by atoms with Crippen LogP contribution in [0.15, 0.2) is 91.0 Å². The Hall–Kier alpha value is -6.03. The van der Waals surface area contributed by atoms with E-state index in [1.807, 2.05) is 35.2 Å². The van der Waals surface area contributed by atoms with Crippen LogP contribution in [-0.4, -0.2) is 60.5 Å². The van der Waals surface area contributed by atoms with Gasteiger partial charge in [-0.15, -0.1) is 0 Å². The van der Waals surface area contributed by atoms with Crippen molar-refractivity contribution in [2.75, 3.05) is 13.1 Å². The summed E-state index contributed by atoms with van der Waals surface area (Å²) in [4.78, 5) is 60.8. The third kappa shape index (κ3) is 8.19. The van der Waals surface area contributed by atoms with Gasteiger partial charge in [-0.1, -0.05) is 101 Å². The molecule has 8 rings (SSSR count). The molecule has 2 heterocycles. The van der Waals surface area contributed by atoms with Crippen LogP contribution in [0.1, 0.15) is 89.5 Å². The number of carbonyl (C=O) groups is 3. The maximum Gasteiger partial charge on any atom is 0.250 e. The Morgan fingerprint density at radius 2 is 1.28 bits per heavy atom. The lowest BCUT2D eigenvalue weighted by Gasteiger charge is -2.27. The number of hydrogen-bond donors (Lipinski definition) is 3. The van der Waals surface area contributed by atoms with E-state index in [2.05, 4.69) is 104 Å². The first-order chi connectivity index (χ1) is 28.2. The van der Waals surface area contributed by atoms with Gasteiger partial charge in [0.15, 0.2) is 0 Å². The largest absolute Gasteiger partial charge is 0.340 e. The van der Waals surface area contributed by atoms with Crippen LogP contribution >= 0.6 is 0 Å². The first-order valence-electron chi connectivity index (χ1n) is 21.0. The van der Waals surface area contributed by atoms with E-state index in [1.54, 1.807) is 4.90 Å². The number of aromatic amines is 2. The number of rotatable bonds is 16. The summed E-state index contributed by atoms with van der Waals surface area (Å²) < 4.78 is 0. The number of imidazole rings is 2. The molecule has 10 heteroatoms. The van der Waals surface area contributed by atoms with Gasteiger partial charge in [-0.3, -0.25) is 14.4 Å². The van der Waals surface area contributed by atoms with Gasteiger partial charge in [0.1, 0.15) is 17.7 Å². The Balaban J connectivity index is 1.03. The topological polar surface area (TPSA) is 127 Å². The highest BCUT2D eigenvalue weighted by atomic mass is 16.2. The van der Waals surface area contributed by atoms with Crippen molar-refractivity contribution in [2.24, 2.45) is 11.8 Å². The van der Waals surface area contributed by atoms with Crippen molar-refractivity contribution >= 4 is 61.3 Å². The van der Waals surface area contributed by atoms with Gasteiger partial charge in [-0.25, -0.2) is 9.97 Å². The quantitative estimate of drug-likeness (QED) is 0.0902. The van der Waals surface area contributed by atoms with E-state index in [1.165, 1.54) is 0 Å². The van der Waals surface area contributed by atoms with Crippen molar-refractivity contribution in [2.45, 2.75) is 85.4 Å². The highest BCUT2D eigenvalue weighted by Gasteiger charge is 2.35. The summed E-state index contributed by atoms with van der Waals surface area (Å²) in [6.45, 7) is 10.4. The third-order valence-corrected chi connectivity index (χ3v) is 11.5. The summed E-state index contributed by atoms with van der Waals surface area (Å²) in [5.41, 5.74) is 6.63. The summed E-state index contributed by atoms with van der Waals surface area (Å²) in [7, 11) is 0. The molecule has 10 nitrogen and oxygen atoms in total. The van der Waals surface area contributed by atoms with Crippen LogP contribution in [0.5, 0.6) is 0 Å². The van der Waals surface area contributed by atoms with Gasteiger partial charge in [-0.05, 0) is 83.3 Å². The van der Waals surface area contributed by atoms with Gasteiger partial charge in [0.25, 0.3) is 0 Å². The Morgan fingerprint density at radius 3 is 1.81 bits per heavy atom. The van der Waals surface area contributed by atoms with Crippen molar-refractivity contribution in [1.82, 2.24) is 35.1 Å². The van der Waals surface area contributed by atoms with Crippen molar-refractivity contribution in [3.05, 3.63) is 108 Å². The molecule has 2 aromatic heterocycles. The van der Waals surface area contributed by atoms with Crippen LogP contribution in [-0.2, 0) is 27.5 Å². The zero-order valence-corrected chi connectivity index (χ0v) is 34.0. The summed E-state index contributed by atoms with van der Waals surface area (Å²) >= 11 is 0. The van der Waals surface area contributed by atoms with Gasteiger partial charge in [0, 0.05) is 36.2 Å². The minimum Gasteiger partial charge on any atom is -0.340 e. The minimum absolute atomic E-state index is 0.00323. The molecule has 1 saturated carbocycles. The molecule has 1 fully saturated rings. The third-order valence-electron chi connectivity index (χ3n) is 11.5. The predicted octanol–water partition coefficient (Wildman–Crippen LogP) is 9.59. The summed E-state index contributed by atoms with van der Waals surface area (Å²) in [5, 5.41) is 7.32. The van der Waals surface area contributed by atoms with Crippen molar-refractivity contribution in [3.63, 3.8) is 0 Å². The highest BCUT2D eigenvalue weighted by Crippen LogP contribution is 2.33. The number of carbonyl (C=O) groups excluding carboxylic acids is 3. The molecule has 0 bridgehead atoms. The number of nitrogens with zero attached hydrogens (tertiary/aromatic N) is 4. The smallest absolute Gasteiger partial charge is 0.250 e. The number of hydrogen-bond acceptors (Lipinski definition) is 5. The monoisotopic (exact) mass is 775 g/mol. The van der Waals surface area contributed by atoms with Crippen molar-refractivity contribution in [3.8, 4) is 11.1 Å². The van der Waals surface area contributed by atoms with E-state index < -0.39 is 6.04 Å². The van der Waals surface area contributed by atoms with E-state index in [9.17, 15) is 14.4 Å². The predicted molar refractivity (Wildman–Crippen MR) is 232 cm³/mol. The molecule has 298 valence electrons. The Labute approximate surface area is 339 Å². The van der Waals surface area contributed by atoms with Crippen LogP contribution in [0.25, 0.3) is 54.7 Å². The van der Waals surface area contributed by atoms with Crippen LogP contribution in [0.4, 0.5) is 0 Å². The van der Waals surface area contributed by atoms with Gasteiger partial charge in [0.2, 0.25) is 17.7 Å². The number of nitrogens with one attached hydrogen (secondary N) is 3. The SMILES string of the molecule is CCCN(Cc1nc2c(ccc3cc(-c4ccc5c(ccc6[nH]c(CN(CCC)C(=O)[C@H](NC(=O)C7CC7)c7ccccc7)nc65)c4)ccc32)[nH]1)C(=O)C[C@@H](C)CC. The fourth-order valence-electron chi connectivity index (χ4n) is 7.97. The van der Waals surface area contributed by atoms with E-state index in [0.717, 1.165) is 98.2 Å². The molecule has 0 unspecified atom stereocenters. The summed E-state index contributed by atoms with van der Waals surface area (Å²) in [6.07, 6.45) is 4.97. The number of aromatic nitrogens is 4. The maximum atomic E-state index is 14.1. The second-order valence-corrected chi connectivity index (χ2v) is 16.1. The maximum absolute atomic E-state index is 14.1. The molecule has 2 atom stereocenters. The zero-order valence-electron chi connectivity index (χ0n) is 34.0. The Bertz CT molecular complexity index is 2610. The number of amides is 3. The molecule has 3 amide bonds. The van der Waals surface area contributed by atoms with Crippen LogP contribution in [0.3, 0.4) is 0 Å². The molecular weight excluding hydrogens is 723 g/mol. The normalized spacial score (nSPS) is 13.9. The van der Waals surface area contributed by atoms with Crippen LogP contribution < -0.4 is 5.32 Å². The number of benzene rings is 5. The lowest BCUT2D eigenvalue weighted by atomic mass is 9.98. The molecule has 0 radical (unpaired) electrons. The van der Waals surface area contributed by atoms with Gasteiger partial charge >= 0.3 is 0 Å². The van der Waals surface area contributed by atoms with Crippen molar-refractivity contribution in [1.29, 1.82) is 0 Å². The van der Waals surface area contributed by atoms with E-state index in [4.69, 9.17) is 9.97 Å². The van der Waals surface area contributed by atoms with Gasteiger partial charge < -0.3 is 25.1 Å². The standard InChI is InChI=1S/C48H53N7O3/c1-5-23-54(43(56)25-30(4)7-3)28-41-49-39-21-17-35-26-33(15-19-37(35)45(39)51-41)34-16-20-38-36(27-34)18-22-40-46(38)52-42(50-40)29-55(24-6-2)48(58)44(31-11-9-8-10-12-31)53-47(57)32-13-14-32/h8-12,15-22,26-27,30,32,44H,5-7,13-14,23-25,28-29H2,1-4H3,(H,49,51)(H,50,52)(H,53,57)/t30-,44+/m0/s1. The lowest BCUT2D eigenvalue weighted by Crippen LogP contribution is -2.43. The molecular formula is C48H53N7O3. The minimum atomic E-state index is -0.750. The van der Waals surface area contributed by atoms with E-state index in [-0.39, 0.29) is 23.6 Å². The average Bonchev–Trinajstić information content (AvgIpc) is 3.89. The zero-order chi connectivity index (χ0) is 40.3. The van der Waals surface area contributed by atoms with E-state index >= 15 is 0 Å². The summed E-state index contributed by atoms with van der Waals surface area (Å²) in [6, 6.07) is 30.1. The second kappa shape index (κ2) is 16.8. The second-order valence-electron chi connectivity index (χ2n) is 16.1. The molecule has 1 aliphatic rings. The number of H-pyrrole nitrogens is 2. The first kappa shape index (κ1) is 38.8. The van der Waals surface area contributed by atoms with E-state index in [0.29, 0.717) is 44.3 Å².